The molecule has 0 aliphatic carbocycles. The predicted octanol–water partition coefficient (Wildman–Crippen LogP) is 4.95. The summed E-state index contributed by atoms with van der Waals surface area (Å²) in [5.74, 6) is -1.84. The van der Waals surface area contributed by atoms with E-state index in [1.165, 1.54) is 31.5 Å². The van der Waals surface area contributed by atoms with Gasteiger partial charge in [-0.2, -0.15) is 0 Å². The van der Waals surface area contributed by atoms with Gasteiger partial charge in [-0.1, -0.05) is 39.0 Å². The molecule has 0 spiro atoms. The number of ether oxygens (including phenoxy) is 3. The molecule has 8 nitrogen and oxygen atoms in total. The van der Waals surface area contributed by atoms with E-state index in [0.717, 1.165) is 12.1 Å². The first-order valence-electron chi connectivity index (χ1n) is 10.8. The van der Waals surface area contributed by atoms with Crippen molar-refractivity contribution in [1.29, 1.82) is 0 Å². The number of carbonyl (C=O) groups is 2. The number of fused-ring (bicyclic) bond motifs is 1. The van der Waals surface area contributed by atoms with Gasteiger partial charge in [0.2, 0.25) is 5.88 Å². The van der Waals surface area contributed by atoms with Crippen LogP contribution >= 0.6 is 0 Å². The molecule has 2 aromatic carbocycles. The lowest BCUT2D eigenvalue weighted by Gasteiger charge is -2.28. The smallest absolute Gasteiger partial charge is 0.487 e. The molecule has 11 heteroatoms. The molecule has 1 aromatic heterocycles. The molecule has 1 amide bonds. The minimum Gasteiger partial charge on any atom is -0.487 e. The Kier molecular flexibility index (Phi) is 7.61. The number of carboxylic acids is 1. The molecule has 2 N–H and O–H groups in total. The van der Waals surface area contributed by atoms with E-state index < -0.39 is 29.7 Å². The minimum atomic E-state index is -4.81. The second kappa shape index (κ2) is 10.3. The highest BCUT2D eigenvalue weighted by Gasteiger charge is 2.34. The highest BCUT2D eigenvalue weighted by molar-refractivity contribution is 6.05. The topological polar surface area (TPSA) is 107 Å². The lowest BCUT2D eigenvalue weighted by atomic mass is 9.86. The molecule has 36 heavy (non-hydrogen) atoms. The SMILES string of the molecule is COc1cc2c(OCc3ccc(OC(F)(F)F)cc3)c(C(=O)N[C@H](C(=O)O)C(C)(C)C)ccc2cn1. The fourth-order valence-corrected chi connectivity index (χ4v) is 3.42. The van der Waals surface area contributed by atoms with E-state index in [4.69, 9.17) is 9.47 Å². The fourth-order valence-electron chi connectivity index (χ4n) is 3.42. The maximum Gasteiger partial charge on any atom is 0.573 e. The van der Waals surface area contributed by atoms with Crippen molar-refractivity contribution in [3.63, 3.8) is 0 Å². The summed E-state index contributed by atoms with van der Waals surface area (Å²) >= 11 is 0. The molecule has 0 unspecified atom stereocenters. The van der Waals surface area contributed by atoms with E-state index in [2.05, 4.69) is 15.0 Å². The Labute approximate surface area is 205 Å². The summed E-state index contributed by atoms with van der Waals surface area (Å²) in [4.78, 5) is 29.1. The van der Waals surface area contributed by atoms with Crippen molar-refractivity contribution in [2.24, 2.45) is 5.41 Å². The molecule has 3 rings (SSSR count). The van der Waals surface area contributed by atoms with Crippen molar-refractivity contribution in [1.82, 2.24) is 10.3 Å². The quantitative estimate of drug-likeness (QED) is 0.445. The standard InChI is InChI=1S/C25H25F3N2O6/c1-24(2,3)21(23(32)33)30-22(31)17-10-7-15-12-29-19(34-4)11-18(15)20(17)35-13-14-5-8-16(9-6-14)36-25(26,27)28/h5-12,21H,13H2,1-4H3,(H,30,31)(H,32,33)/t21-/m1/s1. The number of benzene rings is 2. The van der Waals surface area contributed by atoms with Crippen LogP contribution in [0.1, 0.15) is 36.7 Å². The van der Waals surface area contributed by atoms with Crippen molar-refractivity contribution < 1.29 is 42.1 Å². The van der Waals surface area contributed by atoms with Crippen molar-refractivity contribution in [2.45, 2.75) is 39.8 Å². The van der Waals surface area contributed by atoms with Gasteiger partial charge in [-0.3, -0.25) is 4.79 Å². The normalized spacial score (nSPS) is 12.6. The number of nitrogens with zero attached hydrogens (tertiary/aromatic N) is 1. The average molecular weight is 506 g/mol. The van der Waals surface area contributed by atoms with Crippen LogP contribution in [0, 0.1) is 5.41 Å². The highest BCUT2D eigenvalue weighted by Crippen LogP contribution is 2.33. The predicted molar refractivity (Wildman–Crippen MR) is 124 cm³/mol. The summed E-state index contributed by atoms with van der Waals surface area (Å²) in [5, 5.41) is 13.3. The number of rotatable bonds is 8. The number of hydrogen-bond acceptors (Lipinski definition) is 6. The number of hydrogen-bond donors (Lipinski definition) is 2. The Balaban J connectivity index is 1.96. The number of methoxy groups -OCH3 is 1. The molecule has 0 saturated heterocycles. The van der Waals surface area contributed by atoms with Gasteiger partial charge in [0.05, 0.1) is 12.7 Å². The molecule has 0 fully saturated rings. The summed E-state index contributed by atoms with van der Waals surface area (Å²) in [6.07, 6.45) is -3.28. The minimum absolute atomic E-state index is 0.0725. The molecule has 0 saturated carbocycles. The van der Waals surface area contributed by atoms with Crippen LogP contribution in [-0.4, -0.2) is 41.5 Å². The molecular weight excluding hydrogens is 481 g/mol. The largest absolute Gasteiger partial charge is 0.573 e. The number of nitrogens with one attached hydrogen (secondary N) is 1. The number of halogens is 3. The number of carboxylic acid groups (broad SMARTS) is 1. The van der Waals surface area contributed by atoms with Crippen LogP contribution in [-0.2, 0) is 11.4 Å². The monoisotopic (exact) mass is 506 g/mol. The Morgan fingerprint density at radius 3 is 2.31 bits per heavy atom. The van der Waals surface area contributed by atoms with Crippen molar-refractivity contribution in [3.05, 3.63) is 59.8 Å². The summed E-state index contributed by atoms with van der Waals surface area (Å²) in [6.45, 7) is 4.96. The van der Waals surface area contributed by atoms with Gasteiger partial charge in [0, 0.05) is 23.0 Å². The third-order valence-corrected chi connectivity index (χ3v) is 5.21. The van der Waals surface area contributed by atoms with Gasteiger partial charge in [0.15, 0.2) is 0 Å². The van der Waals surface area contributed by atoms with Gasteiger partial charge >= 0.3 is 12.3 Å². The number of pyridine rings is 1. The second-order valence-corrected chi connectivity index (χ2v) is 8.98. The lowest BCUT2D eigenvalue weighted by Crippen LogP contribution is -2.49. The zero-order chi connectivity index (χ0) is 26.7. The number of alkyl halides is 3. The molecule has 3 aromatic rings. The van der Waals surface area contributed by atoms with E-state index in [9.17, 15) is 27.9 Å². The van der Waals surface area contributed by atoms with Crippen LogP contribution in [0.15, 0.2) is 48.7 Å². The van der Waals surface area contributed by atoms with Gasteiger partial charge in [-0.05, 0) is 29.2 Å². The molecular formula is C25H25F3N2O6. The van der Waals surface area contributed by atoms with Crippen LogP contribution in [0.5, 0.6) is 17.4 Å². The van der Waals surface area contributed by atoms with Crippen LogP contribution in [0.4, 0.5) is 13.2 Å². The second-order valence-electron chi connectivity index (χ2n) is 8.98. The summed E-state index contributed by atoms with van der Waals surface area (Å²) in [5.41, 5.74) is -0.192. The van der Waals surface area contributed by atoms with Crippen LogP contribution < -0.4 is 19.5 Å². The number of carbonyl (C=O) groups excluding carboxylic acids is 1. The highest BCUT2D eigenvalue weighted by atomic mass is 19.4. The van der Waals surface area contributed by atoms with Crippen molar-refractivity contribution in [2.75, 3.05) is 7.11 Å². The molecule has 0 aliphatic rings. The van der Waals surface area contributed by atoms with Gasteiger partial charge in [-0.15, -0.1) is 13.2 Å². The van der Waals surface area contributed by atoms with E-state index in [-0.39, 0.29) is 29.5 Å². The van der Waals surface area contributed by atoms with Crippen LogP contribution in [0.3, 0.4) is 0 Å². The Hall–Kier alpha value is -4.02. The molecule has 1 atom stereocenters. The molecule has 0 aliphatic heterocycles. The average Bonchev–Trinajstić information content (AvgIpc) is 2.79. The van der Waals surface area contributed by atoms with Crippen LogP contribution in [0.25, 0.3) is 10.8 Å². The number of aliphatic carboxylic acids is 1. The van der Waals surface area contributed by atoms with Crippen molar-refractivity contribution in [3.8, 4) is 17.4 Å². The van der Waals surface area contributed by atoms with Gasteiger partial charge in [0.1, 0.15) is 24.1 Å². The van der Waals surface area contributed by atoms with E-state index in [1.54, 1.807) is 32.9 Å². The van der Waals surface area contributed by atoms with Gasteiger partial charge < -0.3 is 24.6 Å². The number of aromatic nitrogens is 1. The van der Waals surface area contributed by atoms with Crippen molar-refractivity contribution >= 4 is 22.6 Å². The third-order valence-electron chi connectivity index (χ3n) is 5.21. The number of amides is 1. The maximum absolute atomic E-state index is 13.2. The van der Waals surface area contributed by atoms with E-state index in [1.807, 2.05) is 0 Å². The molecule has 0 radical (unpaired) electrons. The molecule has 192 valence electrons. The maximum atomic E-state index is 13.2. The van der Waals surface area contributed by atoms with Gasteiger partial charge in [-0.25, -0.2) is 9.78 Å². The fraction of sp³-hybridized carbons (Fsp3) is 0.320. The van der Waals surface area contributed by atoms with E-state index in [0.29, 0.717) is 16.3 Å². The lowest BCUT2D eigenvalue weighted by molar-refractivity contribution is -0.274. The zero-order valence-corrected chi connectivity index (χ0v) is 20.0. The first-order chi connectivity index (χ1) is 16.8. The Morgan fingerprint density at radius 1 is 1.08 bits per heavy atom. The van der Waals surface area contributed by atoms with Crippen LogP contribution in [0.2, 0.25) is 0 Å². The molecule has 1 heterocycles. The Morgan fingerprint density at radius 2 is 1.75 bits per heavy atom. The summed E-state index contributed by atoms with van der Waals surface area (Å²) in [6, 6.07) is 8.61. The molecule has 0 bridgehead atoms. The Bertz CT molecular complexity index is 1250. The zero-order valence-electron chi connectivity index (χ0n) is 20.0. The first kappa shape index (κ1) is 26.6. The summed E-state index contributed by atoms with van der Waals surface area (Å²) < 4.78 is 52.3. The third kappa shape index (κ3) is 6.55. The summed E-state index contributed by atoms with van der Waals surface area (Å²) in [7, 11) is 1.43. The van der Waals surface area contributed by atoms with Gasteiger partial charge in [0.25, 0.3) is 5.91 Å². The first-order valence-corrected chi connectivity index (χ1v) is 10.8. The van der Waals surface area contributed by atoms with E-state index >= 15 is 0 Å².